The zero-order valence-corrected chi connectivity index (χ0v) is 15.9. The monoisotopic (exact) mass is 387 g/mol. The van der Waals surface area contributed by atoms with Gasteiger partial charge in [-0.25, -0.2) is 0 Å². The third kappa shape index (κ3) is 4.91. The number of methoxy groups -OCH3 is 1. The number of carbonyl (C=O) groups is 1. The van der Waals surface area contributed by atoms with E-state index in [1.54, 1.807) is 19.2 Å². The van der Waals surface area contributed by atoms with Crippen molar-refractivity contribution in [3.8, 4) is 5.75 Å². The van der Waals surface area contributed by atoms with Gasteiger partial charge in [0, 0.05) is 48.9 Å². The summed E-state index contributed by atoms with van der Waals surface area (Å²) in [6.07, 6.45) is 0. The van der Waals surface area contributed by atoms with Crippen LogP contribution in [-0.2, 0) is 4.79 Å². The molecule has 1 aliphatic heterocycles. The van der Waals surface area contributed by atoms with Crippen LogP contribution in [0.1, 0.15) is 0 Å². The second-order valence-electron chi connectivity index (χ2n) is 6.11. The van der Waals surface area contributed by atoms with E-state index in [0.29, 0.717) is 31.9 Å². The van der Waals surface area contributed by atoms with E-state index in [1.165, 1.54) is 23.9 Å². The van der Waals surface area contributed by atoms with Gasteiger partial charge in [-0.1, -0.05) is 6.07 Å². The first-order valence-corrected chi connectivity index (χ1v) is 9.59. The molecule has 0 radical (unpaired) electrons. The molecule has 1 heterocycles. The Hall–Kier alpha value is -2.74. The average Bonchev–Trinajstić information content (AvgIpc) is 2.72. The van der Waals surface area contributed by atoms with Crippen LogP contribution >= 0.6 is 11.8 Å². The first-order chi connectivity index (χ1) is 13.1. The lowest BCUT2D eigenvalue weighted by molar-refractivity contribution is -0.384. The summed E-state index contributed by atoms with van der Waals surface area (Å²) in [7, 11) is 1.62. The molecule has 0 atom stereocenters. The van der Waals surface area contributed by atoms with Gasteiger partial charge in [0.25, 0.3) is 5.69 Å². The summed E-state index contributed by atoms with van der Waals surface area (Å²) in [6.45, 7) is 2.73. The molecule has 0 aliphatic carbocycles. The first kappa shape index (κ1) is 19.0. The standard InChI is InChI=1S/C19H21N3O4S/c1-26-17-3-2-4-18(13-17)27-14-19(23)21-11-9-20(10-12-21)15-5-7-16(8-6-15)22(24)25/h2-8,13H,9-12,14H2,1H3. The van der Waals surface area contributed by atoms with Crippen LogP contribution in [0, 0.1) is 10.1 Å². The molecule has 7 nitrogen and oxygen atoms in total. The van der Waals surface area contributed by atoms with Crippen molar-refractivity contribution in [3.63, 3.8) is 0 Å². The SMILES string of the molecule is COc1cccc(SCC(=O)N2CCN(c3ccc([N+](=O)[O-])cc3)CC2)c1. The highest BCUT2D eigenvalue weighted by Gasteiger charge is 2.21. The van der Waals surface area contributed by atoms with Crippen molar-refractivity contribution >= 4 is 29.0 Å². The lowest BCUT2D eigenvalue weighted by Crippen LogP contribution is -2.49. The number of rotatable bonds is 6. The molecule has 0 aromatic heterocycles. The largest absolute Gasteiger partial charge is 0.497 e. The molecule has 2 aromatic carbocycles. The Kier molecular flexibility index (Phi) is 6.18. The van der Waals surface area contributed by atoms with E-state index in [9.17, 15) is 14.9 Å². The molecule has 1 saturated heterocycles. The lowest BCUT2D eigenvalue weighted by atomic mass is 10.2. The number of hydrogen-bond acceptors (Lipinski definition) is 6. The van der Waals surface area contributed by atoms with Crippen LogP contribution in [0.15, 0.2) is 53.4 Å². The van der Waals surface area contributed by atoms with Crippen molar-refractivity contribution in [2.75, 3.05) is 43.9 Å². The fraction of sp³-hybridized carbons (Fsp3) is 0.316. The molecule has 0 spiro atoms. The van der Waals surface area contributed by atoms with Gasteiger partial charge in [-0.2, -0.15) is 0 Å². The van der Waals surface area contributed by atoms with E-state index >= 15 is 0 Å². The predicted molar refractivity (Wildman–Crippen MR) is 106 cm³/mol. The summed E-state index contributed by atoms with van der Waals surface area (Å²) in [4.78, 5) is 27.8. The topological polar surface area (TPSA) is 75.9 Å². The summed E-state index contributed by atoms with van der Waals surface area (Å²) in [5.41, 5.74) is 1.03. The molecule has 142 valence electrons. The molecule has 27 heavy (non-hydrogen) atoms. The molecule has 0 N–H and O–H groups in total. The van der Waals surface area contributed by atoms with Gasteiger partial charge < -0.3 is 14.5 Å². The van der Waals surface area contributed by atoms with E-state index in [0.717, 1.165) is 16.3 Å². The number of nitro benzene ring substituents is 1. The predicted octanol–water partition coefficient (Wildman–Crippen LogP) is 3.04. The minimum atomic E-state index is -0.402. The molecule has 1 aliphatic rings. The average molecular weight is 387 g/mol. The van der Waals surface area contributed by atoms with Gasteiger partial charge in [0.05, 0.1) is 17.8 Å². The molecular formula is C19H21N3O4S. The Bertz CT molecular complexity index is 805. The minimum Gasteiger partial charge on any atom is -0.497 e. The quantitative estimate of drug-likeness (QED) is 0.431. The molecule has 2 aromatic rings. The Labute approximate surface area is 162 Å². The fourth-order valence-electron chi connectivity index (χ4n) is 2.93. The molecule has 1 fully saturated rings. The highest BCUT2D eigenvalue weighted by molar-refractivity contribution is 8.00. The van der Waals surface area contributed by atoms with Crippen molar-refractivity contribution in [2.24, 2.45) is 0 Å². The summed E-state index contributed by atoms with van der Waals surface area (Å²) < 4.78 is 5.20. The van der Waals surface area contributed by atoms with Gasteiger partial charge in [-0.3, -0.25) is 14.9 Å². The number of nitrogens with zero attached hydrogens (tertiary/aromatic N) is 3. The van der Waals surface area contributed by atoms with Crippen LogP contribution in [0.2, 0.25) is 0 Å². The van der Waals surface area contributed by atoms with Gasteiger partial charge >= 0.3 is 0 Å². The molecule has 0 unspecified atom stereocenters. The van der Waals surface area contributed by atoms with Crippen molar-refractivity contribution < 1.29 is 14.5 Å². The van der Waals surface area contributed by atoms with E-state index in [4.69, 9.17) is 4.74 Å². The third-order valence-electron chi connectivity index (χ3n) is 4.46. The van der Waals surface area contributed by atoms with Crippen LogP contribution in [0.5, 0.6) is 5.75 Å². The zero-order chi connectivity index (χ0) is 19.2. The zero-order valence-electron chi connectivity index (χ0n) is 15.0. The Balaban J connectivity index is 1.49. The van der Waals surface area contributed by atoms with Crippen molar-refractivity contribution in [1.29, 1.82) is 0 Å². The fourth-order valence-corrected chi connectivity index (χ4v) is 3.77. The summed E-state index contributed by atoms with van der Waals surface area (Å²) in [5.74, 6) is 1.29. The van der Waals surface area contributed by atoms with Crippen molar-refractivity contribution in [1.82, 2.24) is 4.90 Å². The highest BCUT2D eigenvalue weighted by atomic mass is 32.2. The first-order valence-electron chi connectivity index (χ1n) is 8.61. The van der Waals surface area contributed by atoms with E-state index in [-0.39, 0.29) is 11.6 Å². The number of nitro groups is 1. The number of benzene rings is 2. The second kappa shape index (κ2) is 8.77. The van der Waals surface area contributed by atoms with Gasteiger partial charge in [-0.15, -0.1) is 11.8 Å². The second-order valence-corrected chi connectivity index (χ2v) is 7.16. The van der Waals surface area contributed by atoms with E-state index in [2.05, 4.69) is 4.90 Å². The lowest BCUT2D eigenvalue weighted by Gasteiger charge is -2.36. The maximum absolute atomic E-state index is 12.5. The molecule has 1 amide bonds. The highest BCUT2D eigenvalue weighted by Crippen LogP contribution is 2.24. The molecule has 8 heteroatoms. The van der Waals surface area contributed by atoms with Crippen LogP contribution in [0.3, 0.4) is 0 Å². The van der Waals surface area contributed by atoms with E-state index < -0.39 is 4.92 Å². The number of non-ortho nitro benzene ring substituents is 1. The Morgan fingerprint density at radius 3 is 2.48 bits per heavy atom. The van der Waals surface area contributed by atoms with Gasteiger partial charge in [0.1, 0.15) is 5.75 Å². The van der Waals surface area contributed by atoms with Crippen LogP contribution in [0.4, 0.5) is 11.4 Å². The molecule has 0 bridgehead atoms. The van der Waals surface area contributed by atoms with Crippen LogP contribution in [0.25, 0.3) is 0 Å². The number of amides is 1. The number of carbonyl (C=O) groups excluding carboxylic acids is 1. The molecule has 3 rings (SSSR count). The number of thioether (sulfide) groups is 1. The van der Waals surface area contributed by atoms with E-state index in [1.807, 2.05) is 29.2 Å². The third-order valence-corrected chi connectivity index (χ3v) is 5.44. The van der Waals surface area contributed by atoms with Gasteiger partial charge in [0.2, 0.25) is 5.91 Å². The summed E-state index contributed by atoms with van der Waals surface area (Å²) in [6, 6.07) is 14.2. The van der Waals surface area contributed by atoms with Gasteiger partial charge in [-0.05, 0) is 30.3 Å². The maximum Gasteiger partial charge on any atom is 0.269 e. The van der Waals surface area contributed by atoms with Crippen LogP contribution in [-0.4, -0.2) is 54.8 Å². The van der Waals surface area contributed by atoms with Crippen molar-refractivity contribution in [2.45, 2.75) is 4.90 Å². The van der Waals surface area contributed by atoms with Gasteiger partial charge in [0.15, 0.2) is 0 Å². The Morgan fingerprint density at radius 2 is 1.85 bits per heavy atom. The summed E-state index contributed by atoms with van der Waals surface area (Å²) >= 11 is 1.50. The maximum atomic E-state index is 12.5. The molecule has 0 saturated carbocycles. The molecular weight excluding hydrogens is 366 g/mol. The normalized spacial score (nSPS) is 14.1. The number of ether oxygens (including phenoxy) is 1. The number of hydrogen-bond donors (Lipinski definition) is 0. The Morgan fingerprint density at radius 1 is 1.15 bits per heavy atom. The smallest absolute Gasteiger partial charge is 0.269 e. The van der Waals surface area contributed by atoms with Crippen LogP contribution < -0.4 is 9.64 Å². The summed E-state index contributed by atoms with van der Waals surface area (Å²) in [5, 5.41) is 10.7. The number of piperazine rings is 1. The van der Waals surface area contributed by atoms with Crippen molar-refractivity contribution in [3.05, 3.63) is 58.6 Å². The number of anilines is 1. The minimum absolute atomic E-state index is 0.0853.